The molecule has 0 spiro atoms. The highest BCUT2D eigenvalue weighted by molar-refractivity contribution is 5.82. The SMILES string of the molecule is CC(C)CCN1C(CO)C(=O)NCCC1(C)C. The van der Waals surface area contributed by atoms with Gasteiger partial charge in [0, 0.05) is 12.1 Å². The largest absolute Gasteiger partial charge is 0.394 e. The topological polar surface area (TPSA) is 52.6 Å². The number of hydrogen-bond acceptors (Lipinski definition) is 3. The number of hydrogen-bond donors (Lipinski definition) is 2. The monoisotopic (exact) mass is 242 g/mol. The first-order chi connectivity index (χ1) is 7.88. The van der Waals surface area contributed by atoms with Crippen molar-refractivity contribution in [3.63, 3.8) is 0 Å². The summed E-state index contributed by atoms with van der Waals surface area (Å²) in [7, 11) is 0. The zero-order valence-corrected chi connectivity index (χ0v) is 11.5. The predicted octanol–water partition coefficient (Wildman–Crippen LogP) is 0.994. The molecule has 0 saturated carbocycles. The second kappa shape index (κ2) is 5.83. The van der Waals surface area contributed by atoms with E-state index in [-0.39, 0.29) is 18.1 Å². The Kier molecular flexibility index (Phi) is 4.95. The van der Waals surface area contributed by atoms with E-state index < -0.39 is 6.04 Å². The maximum Gasteiger partial charge on any atom is 0.239 e. The lowest BCUT2D eigenvalue weighted by Crippen LogP contribution is -2.54. The lowest BCUT2D eigenvalue weighted by atomic mass is 9.95. The molecule has 0 aromatic rings. The molecular weight excluding hydrogens is 216 g/mol. The van der Waals surface area contributed by atoms with Crippen molar-refractivity contribution in [2.24, 2.45) is 5.92 Å². The standard InChI is InChI=1S/C13H26N2O2/c1-10(2)5-8-15-11(9-16)12(17)14-7-6-13(15,3)4/h10-11,16H,5-9H2,1-4H3,(H,14,17). The third-order valence-corrected chi connectivity index (χ3v) is 3.61. The van der Waals surface area contributed by atoms with E-state index in [1.807, 2.05) is 0 Å². The van der Waals surface area contributed by atoms with Crippen molar-refractivity contribution < 1.29 is 9.90 Å². The van der Waals surface area contributed by atoms with Gasteiger partial charge in [-0.1, -0.05) is 13.8 Å². The third kappa shape index (κ3) is 3.68. The van der Waals surface area contributed by atoms with Gasteiger partial charge in [0.25, 0.3) is 0 Å². The first-order valence-corrected chi connectivity index (χ1v) is 6.54. The second-order valence-corrected chi connectivity index (χ2v) is 5.93. The lowest BCUT2D eigenvalue weighted by molar-refractivity contribution is -0.128. The first-order valence-electron chi connectivity index (χ1n) is 6.54. The van der Waals surface area contributed by atoms with Crippen LogP contribution in [0.15, 0.2) is 0 Å². The molecule has 1 atom stereocenters. The Bertz CT molecular complexity index is 264. The molecule has 1 amide bonds. The Hall–Kier alpha value is -0.610. The minimum absolute atomic E-state index is 0.0400. The molecule has 0 aromatic carbocycles. The molecule has 1 aliphatic heterocycles. The Morgan fingerprint density at radius 3 is 2.71 bits per heavy atom. The molecule has 0 aliphatic carbocycles. The maximum atomic E-state index is 11.9. The number of aliphatic hydroxyl groups is 1. The van der Waals surface area contributed by atoms with Crippen LogP contribution in [0.5, 0.6) is 0 Å². The van der Waals surface area contributed by atoms with Crippen molar-refractivity contribution in [1.82, 2.24) is 10.2 Å². The average Bonchev–Trinajstić information content (AvgIpc) is 2.32. The number of carbonyl (C=O) groups is 1. The number of nitrogens with zero attached hydrogens (tertiary/aromatic N) is 1. The summed E-state index contributed by atoms with van der Waals surface area (Å²) in [6.07, 6.45) is 1.97. The molecule has 17 heavy (non-hydrogen) atoms. The molecule has 1 saturated heterocycles. The zero-order chi connectivity index (χ0) is 13.1. The first kappa shape index (κ1) is 14.5. The minimum Gasteiger partial charge on any atom is -0.394 e. The van der Waals surface area contributed by atoms with E-state index in [1.165, 1.54) is 0 Å². The molecular formula is C13H26N2O2. The molecule has 0 radical (unpaired) electrons. The van der Waals surface area contributed by atoms with Gasteiger partial charge in [-0.2, -0.15) is 0 Å². The highest BCUT2D eigenvalue weighted by atomic mass is 16.3. The molecule has 0 aromatic heterocycles. The van der Waals surface area contributed by atoms with Gasteiger partial charge in [-0.05, 0) is 39.2 Å². The fourth-order valence-electron chi connectivity index (χ4n) is 2.35. The van der Waals surface area contributed by atoms with E-state index in [1.54, 1.807) is 0 Å². The Balaban J connectivity index is 2.83. The normalized spacial score (nSPS) is 25.8. The Morgan fingerprint density at radius 1 is 1.53 bits per heavy atom. The van der Waals surface area contributed by atoms with E-state index in [4.69, 9.17) is 0 Å². The van der Waals surface area contributed by atoms with E-state index in [2.05, 4.69) is 37.9 Å². The van der Waals surface area contributed by atoms with Crippen LogP contribution in [-0.2, 0) is 4.79 Å². The van der Waals surface area contributed by atoms with Gasteiger partial charge in [0.1, 0.15) is 6.04 Å². The molecule has 1 unspecified atom stereocenters. The smallest absolute Gasteiger partial charge is 0.239 e. The highest BCUT2D eigenvalue weighted by Gasteiger charge is 2.38. The fraction of sp³-hybridized carbons (Fsp3) is 0.923. The maximum absolute atomic E-state index is 11.9. The number of aliphatic hydroxyl groups excluding tert-OH is 1. The van der Waals surface area contributed by atoms with Crippen LogP contribution < -0.4 is 5.32 Å². The molecule has 0 bridgehead atoms. The summed E-state index contributed by atoms with van der Waals surface area (Å²) in [4.78, 5) is 14.0. The van der Waals surface area contributed by atoms with Gasteiger partial charge in [0.05, 0.1) is 6.61 Å². The van der Waals surface area contributed by atoms with Crippen molar-refractivity contribution in [1.29, 1.82) is 0 Å². The van der Waals surface area contributed by atoms with Crippen molar-refractivity contribution in [2.75, 3.05) is 19.7 Å². The predicted molar refractivity (Wildman–Crippen MR) is 68.7 cm³/mol. The zero-order valence-electron chi connectivity index (χ0n) is 11.5. The van der Waals surface area contributed by atoms with Crippen LogP contribution in [0.25, 0.3) is 0 Å². The van der Waals surface area contributed by atoms with E-state index in [9.17, 15) is 9.90 Å². The third-order valence-electron chi connectivity index (χ3n) is 3.61. The molecule has 1 aliphatic rings. The van der Waals surface area contributed by atoms with Crippen LogP contribution in [0.2, 0.25) is 0 Å². The summed E-state index contributed by atoms with van der Waals surface area (Å²) in [5, 5.41) is 12.3. The molecule has 100 valence electrons. The van der Waals surface area contributed by atoms with Crippen molar-refractivity contribution in [3.05, 3.63) is 0 Å². The summed E-state index contributed by atoms with van der Waals surface area (Å²) in [6, 6.07) is -0.397. The quantitative estimate of drug-likeness (QED) is 0.773. The summed E-state index contributed by atoms with van der Waals surface area (Å²) < 4.78 is 0. The number of rotatable bonds is 4. The van der Waals surface area contributed by atoms with Crippen LogP contribution in [0.3, 0.4) is 0 Å². The number of amides is 1. The van der Waals surface area contributed by atoms with E-state index >= 15 is 0 Å². The average molecular weight is 242 g/mol. The fourth-order valence-corrected chi connectivity index (χ4v) is 2.35. The summed E-state index contributed by atoms with van der Waals surface area (Å²) in [5.41, 5.74) is -0.0402. The molecule has 2 N–H and O–H groups in total. The van der Waals surface area contributed by atoms with Gasteiger partial charge in [0.2, 0.25) is 5.91 Å². The minimum atomic E-state index is -0.397. The Morgan fingerprint density at radius 2 is 2.18 bits per heavy atom. The van der Waals surface area contributed by atoms with E-state index in [0.717, 1.165) is 19.4 Å². The van der Waals surface area contributed by atoms with Crippen molar-refractivity contribution in [2.45, 2.75) is 52.1 Å². The van der Waals surface area contributed by atoms with Crippen molar-refractivity contribution >= 4 is 5.91 Å². The van der Waals surface area contributed by atoms with Crippen molar-refractivity contribution in [3.8, 4) is 0 Å². The van der Waals surface area contributed by atoms with Gasteiger partial charge in [-0.15, -0.1) is 0 Å². The molecule has 1 rings (SSSR count). The molecule has 1 heterocycles. The molecule has 4 heteroatoms. The van der Waals surface area contributed by atoms with Gasteiger partial charge in [-0.25, -0.2) is 0 Å². The number of nitrogens with one attached hydrogen (secondary N) is 1. The lowest BCUT2D eigenvalue weighted by Gasteiger charge is -2.40. The second-order valence-electron chi connectivity index (χ2n) is 5.93. The van der Waals surface area contributed by atoms with Gasteiger partial charge < -0.3 is 10.4 Å². The molecule has 1 fully saturated rings. The summed E-state index contributed by atoms with van der Waals surface area (Å²) >= 11 is 0. The van der Waals surface area contributed by atoms with Crippen LogP contribution in [-0.4, -0.2) is 47.2 Å². The highest BCUT2D eigenvalue weighted by Crippen LogP contribution is 2.24. The van der Waals surface area contributed by atoms with Crippen LogP contribution in [0.4, 0.5) is 0 Å². The van der Waals surface area contributed by atoms with Gasteiger partial charge in [0.15, 0.2) is 0 Å². The van der Waals surface area contributed by atoms with Gasteiger partial charge >= 0.3 is 0 Å². The Labute approximate surface area is 104 Å². The summed E-state index contributed by atoms with van der Waals surface area (Å²) in [6.45, 7) is 10.1. The van der Waals surface area contributed by atoms with Crippen LogP contribution in [0.1, 0.15) is 40.5 Å². The number of carbonyl (C=O) groups excluding carboxylic acids is 1. The van der Waals surface area contributed by atoms with Crippen LogP contribution in [0, 0.1) is 5.92 Å². The summed E-state index contributed by atoms with van der Waals surface area (Å²) in [5.74, 6) is 0.568. The molecule has 4 nitrogen and oxygen atoms in total. The van der Waals surface area contributed by atoms with Crippen LogP contribution >= 0.6 is 0 Å². The van der Waals surface area contributed by atoms with E-state index in [0.29, 0.717) is 12.5 Å². The van der Waals surface area contributed by atoms with Gasteiger partial charge in [-0.3, -0.25) is 9.69 Å².